The van der Waals surface area contributed by atoms with Crippen molar-refractivity contribution in [2.24, 2.45) is 0 Å². The van der Waals surface area contributed by atoms with E-state index in [2.05, 4.69) is 25.9 Å². The second-order valence-electron chi connectivity index (χ2n) is 6.52. The fourth-order valence-electron chi connectivity index (χ4n) is 2.84. The lowest BCUT2D eigenvalue weighted by molar-refractivity contribution is -0.137. The van der Waals surface area contributed by atoms with Crippen molar-refractivity contribution in [3.05, 3.63) is 70.3 Å². The number of aryl methyl sites for hydroxylation is 1. The molecular weight excluding hydrogens is 445 g/mol. The molecule has 1 heterocycles. The Balaban J connectivity index is 2.04. The summed E-state index contributed by atoms with van der Waals surface area (Å²) in [5, 5.41) is 0. The minimum atomic E-state index is -4.57. The fraction of sp³-hybridized carbons (Fsp3) is 0.238. The maximum atomic E-state index is 13.6. The second kappa shape index (κ2) is 8.41. The summed E-state index contributed by atoms with van der Waals surface area (Å²) in [6, 6.07) is 14.7. The van der Waals surface area contributed by atoms with Gasteiger partial charge in [0.15, 0.2) is 5.82 Å². The number of nitrogens with zero attached hydrogens (tertiary/aromatic N) is 4. The lowest BCUT2D eigenvalue weighted by Crippen LogP contribution is -2.21. The number of anilines is 4. The smallest absolute Gasteiger partial charge is 0.329 e. The van der Waals surface area contributed by atoms with Crippen LogP contribution in [-0.4, -0.2) is 24.1 Å². The molecule has 3 aromatic rings. The van der Waals surface area contributed by atoms with E-state index in [1.807, 2.05) is 43.3 Å². The molecule has 0 aliphatic rings. The summed E-state index contributed by atoms with van der Waals surface area (Å²) in [7, 11) is 3.29. The van der Waals surface area contributed by atoms with Crippen LogP contribution in [-0.2, 0) is 12.6 Å². The Kier molecular flexibility index (Phi) is 6.12. The Morgan fingerprint density at radius 3 is 2.00 bits per heavy atom. The van der Waals surface area contributed by atoms with Crippen LogP contribution in [0.4, 0.5) is 36.3 Å². The lowest BCUT2D eigenvalue weighted by Gasteiger charge is -2.25. The number of rotatable bonds is 5. The van der Waals surface area contributed by atoms with Crippen molar-refractivity contribution in [1.29, 1.82) is 0 Å². The molecule has 0 saturated heterocycles. The van der Waals surface area contributed by atoms with Gasteiger partial charge in [-0.05, 0) is 48.4 Å². The summed E-state index contributed by atoms with van der Waals surface area (Å²) in [6.45, 7) is 2.02. The molecule has 0 bridgehead atoms. The Hall–Kier alpha value is -2.61. The third-order valence-corrected chi connectivity index (χ3v) is 5.15. The molecule has 0 atom stereocenters. The molecule has 3 rings (SSSR count). The summed E-state index contributed by atoms with van der Waals surface area (Å²) in [5.41, 5.74) is 1.60. The molecule has 152 valence electrons. The normalized spacial score (nSPS) is 11.4. The van der Waals surface area contributed by atoms with Gasteiger partial charge in [0.25, 0.3) is 0 Å². The van der Waals surface area contributed by atoms with E-state index in [4.69, 9.17) is 0 Å². The van der Waals surface area contributed by atoms with Gasteiger partial charge in [0.1, 0.15) is 5.56 Å². The molecule has 8 heteroatoms. The summed E-state index contributed by atoms with van der Waals surface area (Å²) >= 11 is 3.37. The standard InChI is InChI=1S/C21H20BrF3N4/c1-4-14-5-9-16(10-6-14)28(2)19-18(21(23,24)25)13-26-20(27-19)29(3)17-11-7-15(22)8-12-17/h5-13H,4H2,1-3H3. The van der Waals surface area contributed by atoms with Gasteiger partial charge in [-0.2, -0.15) is 18.2 Å². The summed E-state index contributed by atoms with van der Waals surface area (Å²) in [4.78, 5) is 11.3. The van der Waals surface area contributed by atoms with Gasteiger partial charge in [-0.15, -0.1) is 0 Å². The van der Waals surface area contributed by atoms with Gasteiger partial charge in [0.2, 0.25) is 5.95 Å². The third-order valence-electron chi connectivity index (χ3n) is 4.62. The lowest BCUT2D eigenvalue weighted by atomic mass is 10.1. The topological polar surface area (TPSA) is 32.3 Å². The van der Waals surface area contributed by atoms with E-state index in [-0.39, 0.29) is 11.8 Å². The van der Waals surface area contributed by atoms with Crippen LogP contribution >= 0.6 is 15.9 Å². The number of halogens is 4. The molecule has 0 N–H and O–H groups in total. The second-order valence-corrected chi connectivity index (χ2v) is 7.44. The van der Waals surface area contributed by atoms with Crippen LogP contribution in [0.5, 0.6) is 0 Å². The van der Waals surface area contributed by atoms with Gasteiger partial charge in [0, 0.05) is 36.1 Å². The first-order valence-electron chi connectivity index (χ1n) is 8.97. The largest absolute Gasteiger partial charge is 0.421 e. The Labute approximate surface area is 176 Å². The molecule has 0 aliphatic carbocycles. The highest BCUT2D eigenvalue weighted by Gasteiger charge is 2.37. The summed E-state index contributed by atoms with van der Waals surface area (Å²) in [6.07, 6.45) is -2.88. The van der Waals surface area contributed by atoms with Crippen molar-refractivity contribution in [2.75, 3.05) is 23.9 Å². The number of alkyl halides is 3. The van der Waals surface area contributed by atoms with E-state index in [0.717, 1.165) is 28.3 Å². The first-order valence-corrected chi connectivity index (χ1v) is 9.76. The highest BCUT2D eigenvalue weighted by molar-refractivity contribution is 9.10. The quantitative estimate of drug-likeness (QED) is 0.439. The zero-order chi connectivity index (χ0) is 21.2. The molecule has 2 aromatic carbocycles. The van der Waals surface area contributed by atoms with Crippen LogP contribution in [0.15, 0.2) is 59.2 Å². The van der Waals surface area contributed by atoms with Crippen LogP contribution < -0.4 is 9.80 Å². The van der Waals surface area contributed by atoms with E-state index in [1.165, 1.54) is 4.90 Å². The van der Waals surface area contributed by atoms with Crippen LogP contribution in [0.3, 0.4) is 0 Å². The molecule has 0 fully saturated rings. The molecule has 4 nitrogen and oxygen atoms in total. The highest BCUT2D eigenvalue weighted by atomic mass is 79.9. The van der Waals surface area contributed by atoms with Crippen molar-refractivity contribution in [3.8, 4) is 0 Å². The molecule has 0 saturated carbocycles. The van der Waals surface area contributed by atoms with Gasteiger partial charge in [-0.1, -0.05) is 35.0 Å². The van der Waals surface area contributed by atoms with E-state index in [1.54, 1.807) is 31.1 Å². The Bertz CT molecular complexity index is 973. The van der Waals surface area contributed by atoms with E-state index in [9.17, 15) is 13.2 Å². The highest BCUT2D eigenvalue weighted by Crippen LogP contribution is 2.38. The SMILES string of the molecule is CCc1ccc(N(C)c2nc(N(C)c3ccc(Br)cc3)ncc2C(F)(F)F)cc1. The molecule has 0 unspecified atom stereocenters. The molecule has 29 heavy (non-hydrogen) atoms. The van der Waals surface area contributed by atoms with Gasteiger partial charge >= 0.3 is 6.18 Å². The van der Waals surface area contributed by atoms with Gasteiger partial charge in [-0.3, -0.25) is 0 Å². The van der Waals surface area contributed by atoms with E-state index >= 15 is 0 Å². The Morgan fingerprint density at radius 2 is 1.45 bits per heavy atom. The average molecular weight is 465 g/mol. The van der Waals surface area contributed by atoms with Gasteiger partial charge in [0.05, 0.1) is 0 Å². The van der Waals surface area contributed by atoms with E-state index in [0.29, 0.717) is 5.69 Å². The number of hydrogen-bond acceptors (Lipinski definition) is 4. The van der Waals surface area contributed by atoms with Crippen molar-refractivity contribution >= 4 is 39.1 Å². The van der Waals surface area contributed by atoms with Crippen LogP contribution in [0.1, 0.15) is 18.1 Å². The molecule has 0 radical (unpaired) electrons. The zero-order valence-corrected chi connectivity index (χ0v) is 17.8. The van der Waals surface area contributed by atoms with Crippen LogP contribution in [0.25, 0.3) is 0 Å². The number of hydrogen-bond donors (Lipinski definition) is 0. The maximum Gasteiger partial charge on any atom is 0.421 e. The van der Waals surface area contributed by atoms with E-state index < -0.39 is 11.7 Å². The van der Waals surface area contributed by atoms with Crippen molar-refractivity contribution in [1.82, 2.24) is 9.97 Å². The van der Waals surface area contributed by atoms with Crippen molar-refractivity contribution < 1.29 is 13.2 Å². The molecule has 0 aliphatic heterocycles. The number of aromatic nitrogens is 2. The Morgan fingerprint density at radius 1 is 0.897 bits per heavy atom. The number of benzene rings is 2. The predicted molar refractivity (Wildman–Crippen MR) is 113 cm³/mol. The van der Waals surface area contributed by atoms with Crippen molar-refractivity contribution in [3.63, 3.8) is 0 Å². The van der Waals surface area contributed by atoms with Crippen LogP contribution in [0, 0.1) is 0 Å². The van der Waals surface area contributed by atoms with Gasteiger partial charge < -0.3 is 9.80 Å². The first-order chi connectivity index (χ1) is 13.7. The average Bonchev–Trinajstić information content (AvgIpc) is 2.72. The molecule has 0 amide bonds. The van der Waals surface area contributed by atoms with Crippen molar-refractivity contribution in [2.45, 2.75) is 19.5 Å². The zero-order valence-electron chi connectivity index (χ0n) is 16.2. The fourth-order valence-corrected chi connectivity index (χ4v) is 3.10. The summed E-state index contributed by atoms with van der Waals surface area (Å²) in [5.74, 6) is -0.0249. The van der Waals surface area contributed by atoms with Gasteiger partial charge in [-0.25, -0.2) is 4.98 Å². The predicted octanol–water partition coefficient (Wildman–Crippen LogP) is 6.36. The first kappa shape index (κ1) is 21.1. The molecular formula is C21H20BrF3N4. The monoisotopic (exact) mass is 464 g/mol. The maximum absolute atomic E-state index is 13.6. The van der Waals surface area contributed by atoms with Crippen LogP contribution in [0.2, 0.25) is 0 Å². The minimum Gasteiger partial charge on any atom is -0.329 e. The third kappa shape index (κ3) is 4.70. The molecule has 1 aromatic heterocycles. The molecule has 0 spiro atoms. The minimum absolute atomic E-state index is 0.173. The summed E-state index contributed by atoms with van der Waals surface area (Å²) < 4.78 is 41.8.